The summed E-state index contributed by atoms with van der Waals surface area (Å²) in [7, 11) is 1.59. The van der Waals surface area contributed by atoms with Crippen LogP contribution < -0.4 is 5.32 Å². The van der Waals surface area contributed by atoms with Crippen LogP contribution in [-0.4, -0.2) is 53.2 Å². The van der Waals surface area contributed by atoms with Gasteiger partial charge in [0.15, 0.2) is 0 Å². The second kappa shape index (κ2) is 7.97. The Hall–Kier alpha value is -2.25. The van der Waals surface area contributed by atoms with E-state index in [4.69, 9.17) is 4.74 Å². The van der Waals surface area contributed by atoms with Crippen molar-refractivity contribution < 1.29 is 24.9 Å². The lowest BCUT2D eigenvalue weighted by Crippen LogP contribution is -2.44. The van der Waals surface area contributed by atoms with Gasteiger partial charge in [-0.3, -0.25) is 4.79 Å². The lowest BCUT2D eigenvalue weighted by Gasteiger charge is -2.36. The van der Waals surface area contributed by atoms with Gasteiger partial charge in [0, 0.05) is 19.0 Å². The first-order valence-electron chi connectivity index (χ1n) is 8.58. The summed E-state index contributed by atoms with van der Waals surface area (Å²) in [5.74, 6) is -0.132. The molecule has 26 heavy (non-hydrogen) atoms. The Kier molecular flexibility index (Phi) is 5.68. The number of benzene rings is 2. The minimum absolute atomic E-state index is 0.132. The van der Waals surface area contributed by atoms with Gasteiger partial charge in [0.05, 0.1) is 18.8 Å². The summed E-state index contributed by atoms with van der Waals surface area (Å²) in [4.78, 5) is 11.6. The van der Waals surface area contributed by atoms with Crippen molar-refractivity contribution in [3.8, 4) is 11.1 Å². The molecule has 0 saturated carbocycles. The van der Waals surface area contributed by atoms with Crippen molar-refractivity contribution in [3.05, 3.63) is 59.7 Å². The van der Waals surface area contributed by atoms with Crippen LogP contribution in [0.4, 0.5) is 0 Å². The third kappa shape index (κ3) is 3.78. The van der Waals surface area contributed by atoms with Crippen LogP contribution in [0.2, 0.25) is 0 Å². The molecule has 1 saturated heterocycles. The maximum Gasteiger partial charge on any atom is 0.251 e. The molecule has 4 unspecified atom stereocenters. The first-order valence-corrected chi connectivity index (χ1v) is 8.58. The number of aliphatic hydroxyl groups excluding tert-OH is 3. The van der Waals surface area contributed by atoms with E-state index >= 15 is 0 Å². The molecule has 0 aliphatic carbocycles. The molecule has 1 fully saturated rings. The van der Waals surface area contributed by atoms with Gasteiger partial charge in [0.25, 0.3) is 5.91 Å². The predicted molar refractivity (Wildman–Crippen MR) is 96.6 cm³/mol. The molecule has 4 atom stereocenters. The smallest absolute Gasteiger partial charge is 0.251 e. The fourth-order valence-electron chi connectivity index (χ4n) is 3.17. The van der Waals surface area contributed by atoms with Gasteiger partial charge in [-0.2, -0.15) is 0 Å². The largest absolute Gasteiger partial charge is 0.394 e. The van der Waals surface area contributed by atoms with Crippen molar-refractivity contribution in [2.75, 3.05) is 13.7 Å². The van der Waals surface area contributed by atoms with Crippen LogP contribution in [0.3, 0.4) is 0 Å². The van der Waals surface area contributed by atoms with Crippen LogP contribution in [-0.2, 0) is 4.74 Å². The van der Waals surface area contributed by atoms with Crippen molar-refractivity contribution >= 4 is 5.91 Å². The van der Waals surface area contributed by atoms with E-state index in [1.54, 1.807) is 19.2 Å². The van der Waals surface area contributed by atoms with Crippen LogP contribution in [0, 0.1) is 0 Å². The minimum atomic E-state index is -1.03. The van der Waals surface area contributed by atoms with Gasteiger partial charge < -0.3 is 25.4 Å². The number of ether oxygens (including phenoxy) is 1. The summed E-state index contributed by atoms with van der Waals surface area (Å²) in [6, 6.07) is 14.7. The summed E-state index contributed by atoms with van der Waals surface area (Å²) >= 11 is 0. The molecule has 0 bridgehead atoms. The highest BCUT2D eigenvalue weighted by Crippen LogP contribution is 2.33. The first kappa shape index (κ1) is 18.5. The molecule has 4 N–H and O–H groups in total. The van der Waals surface area contributed by atoms with Crippen LogP contribution in [0.1, 0.15) is 28.4 Å². The normalized spacial score (nSPS) is 25.7. The summed E-state index contributed by atoms with van der Waals surface area (Å²) in [6.07, 6.45) is -2.92. The highest BCUT2D eigenvalue weighted by molar-refractivity contribution is 5.94. The second-order valence-corrected chi connectivity index (χ2v) is 6.43. The first-order chi connectivity index (χ1) is 12.5. The fourth-order valence-corrected chi connectivity index (χ4v) is 3.17. The Labute approximate surface area is 152 Å². The van der Waals surface area contributed by atoms with Crippen molar-refractivity contribution in [2.45, 2.75) is 30.8 Å². The number of carbonyl (C=O) groups excluding carboxylic acids is 1. The maximum absolute atomic E-state index is 11.6. The number of aliphatic hydroxyl groups is 3. The van der Waals surface area contributed by atoms with Crippen molar-refractivity contribution in [1.82, 2.24) is 5.32 Å². The Bertz CT molecular complexity index is 744. The van der Waals surface area contributed by atoms with Gasteiger partial charge in [-0.15, -0.1) is 0 Å². The van der Waals surface area contributed by atoms with E-state index in [9.17, 15) is 20.1 Å². The summed E-state index contributed by atoms with van der Waals surface area (Å²) in [5.41, 5.74) is 3.25. The topological polar surface area (TPSA) is 99.0 Å². The molecular weight excluding hydrogens is 334 g/mol. The molecule has 0 spiro atoms. The molecule has 138 valence electrons. The molecule has 3 rings (SSSR count). The maximum atomic E-state index is 11.6. The third-order valence-corrected chi connectivity index (χ3v) is 4.70. The zero-order valence-electron chi connectivity index (χ0n) is 14.5. The molecule has 6 heteroatoms. The highest BCUT2D eigenvalue weighted by Gasteiger charge is 2.37. The van der Waals surface area contributed by atoms with E-state index in [0.29, 0.717) is 5.56 Å². The zero-order valence-corrected chi connectivity index (χ0v) is 14.5. The lowest BCUT2D eigenvalue weighted by molar-refractivity contribution is -0.179. The van der Waals surface area contributed by atoms with Crippen LogP contribution in [0.5, 0.6) is 0 Å². The molecule has 1 aliphatic heterocycles. The molecule has 6 nitrogen and oxygen atoms in total. The Morgan fingerprint density at radius 3 is 2.19 bits per heavy atom. The van der Waals surface area contributed by atoms with Gasteiger partial charge in [-0.05, 0) is 28.8 Å². The molecule has 2 aromatic rings. The van der Waals surface area contributed by atoms with Crippen LogP contribution >= 0.6 is 0 Å². The van der Waals surface area contributed by atoms with Gasteiger partial charge in [0.1, 0.15) is 12.2 Å². The second-order valence-electron chi connectivity index (χ2n) is 6.43. The van der Waals surface area contributed by atoms with Gasteiger partial charge in [-0.25, -0.2) is 0 Å². The molecule has 1 amide bonds. The lowest BCUT2D eigenvalue weighted by atomic mass is 9.92. The average molecular weight is 357 g/mol. The van der Waals surface area contributed by atoms with Crippen molar-refractivity contribution in [1.29, 1.82) is 0 Å². The van der Waals surface area contributed by atoms with E-state index in [0.717, 1.165) is 16.7 Å². The molecular formula is C20H23NO5. The number of carbonyl (C=O) groups is 1. The molecule has 1 aliphatic rings. The van der Waals surface area contributed by atoms with E-state index in [2.05, 4.69) is 5.32 Å². The fraction of sp³-hybridized carbons (Fsp3) is 0.350. The van der Waals surface area contributed by atoms with Gasteiger partial charge in [-0.1, -0.05) is 36.4 Å². The predicted octanol–water partition coefficient (Wildman–Crippen LogP) is 1.26. The standard InChI is InChI=1S/C20H23NO5/c1-21-20(25)15-8-4-13(5-9-15)12-2-6-14(7-3-12)19-18(24)17(23)10-16(11-22)26-19/h2-9,16-19,22-24H,10-11H2,1H3,(H,21,25). The van der Waals surface area contributed by atoms with Gasteiger partial charge >= 0.3 is 0 Å². The van der Waals surface area contributed by atoms with E-state index in [1.165, 1.54) is 0 Å². The summed E-state index contributed by atoms with van der Waals surface area (Å²) in [6.45, 7) is -0.198. The van der Waals surface area contributed by atoms with Crippen LogP contribution in [0.25, 0.3) is 11.1 Å². The Balaban J connectivity index is 1.78. The molecule has 0 aromatic heterocycles. The van der Waals surface area contributed by atoms with E-state index in [1.807, 2.05) is 36.4 Å². The average Bonchev–Trinajstić information content (AvgIpc) is 2.69. The number of rotatable bonds is 4. The monoisotopic (exact) mass is 357 g/mol. The van der Waals surface area contributed by atoms with E-state index < -0.39 is 24.4 Å². The Morgan fingerprint density at radius 2 is 1.65 bits per heavy atom. The number of nitrogens with one attached hydrogen (secondary N) is 1. The Morgan fingerprint density at radius 1 is 1.08 bits per heavy atom. The number of hydrogen-bond donors (Lipinski definition) is 4. The van der Waals surface area contributed by atoms with E-state index in [-0.39, 0.29) is 18.9 Å². The summed E-state index contributed by atoms with van der Waals surface area (Å²) < 4.78 is 5.70. The molecule has 2 aromatic carbocycles. The zero-order chi connectivity index (χ0) is 18.7. The summed E-state index contributed by atoms with van der Waals surface area (Å²) in [5, 5.41) is 32.0. The van der Waals surface area contributed by atoms with Crippen LogP contribution in [0.15, 0.2) is 48.5 Å². The quantitative estimate of drug-likeness (QED) is 0.660. The molecule has 0 radical (unpaired) electrons. The van der Waals surface area contributed by atoms with Crippen molar-refractivity contribution in [3.63, 3.8) is 0 Å². The van der Waals surface area contributed by atoms with Crippen molar-refractivity contribution in [2.24, 2.45) is 0 Å². The SMILES string of the molecule is CNC(=O)c1ccc(-c2ccc(C3OC(CO)CC(O)C3O)cc2)cc1. The number of amides is 1. The van der Waals surface area contributed by atoms with Gasteiger partial charge in [0.2, 0.25) is 0 Å². The molecule has 1 heterocycles. The minimum Gasteiger partial charge on any atom is -0.394 e. The number of hydrogen-bond acceptors (Lipinski definition) is 5. The highest BCUT2D eigenvalue weighted by atomic mass is 16.5. The third-order valence-electron chi connectivity index (χ3n) is 4.70.